The van der Waals surface area contributed by atoms with Crippen LogP contribution in [0.4, 0.5) is 0 Å². The predicted molar refractivity (Wildman–Crippen MR) is 61.8 cm³/mol. The fourth-order valence-electron chi connectivity index (χ4n) is 1.21. The van der Waals surface area contributed by atoms with Crippen molar-refractivity contribution in [2.75, 3.05) is 13.2 Å². The van der Waals surface area contributed by atoms with E-state index in [1.54, 1.807) is 6.07 Å². The average molecular weight is 205 g/mol. The summed E-state index contributed by atoms with van der Waals surface area (Å²) in [4.78, 5) is 0. The molecule has 0 aliphatic rings. The molecule has 0 spiro atoms. The Bertz CT molecular complexity index is 408. The normalized spacial score (nSPS) is 9.47. The van der Waals surface area contributed by atoms with E-state index in [9.17, 15) is 5.11 Å². The third kappa shape index (κ3) is 3.23. The second-order valence-corrected chi connectivity index (χ2v) is 3.01. The minimum absolute atomic E-state index is 0.0972. The highest BCUT2D eigenvalue weighted by Gasteiger charge is 1.94. The van der Waals surface area contributed by atoms with Gasteiger partial charge in [0.15, 0.2) is 0 Å². The standard InChI is InChI=1S/C10H8O.C2H7NO/c11-10-7-3-5-8-4-1-2-6-9(8)10;3-1-2-4/h1-7,11H;4H,1-3H2. The lowest BCUT2D eigenvalue weighted by atomic mass is 10.1. The molecule has 0 heterocycles. The van der Waals surface area contributed by atoms with Crippen molar-refractivity contribution >= 4 is 10.8 Å². The summed E-state index contributed by atoms with van der Waals surface area (Å²) in [5.74, 6) is 0.350. The lowest BCUT2D eigenvalue weighted by molar-refractivity contribution is 0.306. The van der Waals surface area contributed by atoms with Crippen LogP contribution in [0.1, 0.15) is 0 Å². The van der Waals surface area contributed by atoms with E-state index in [1.165, 1.54) is 0 Å². The van der Waals surface area contributed by atoms with Crippen LogP contribution in [-0.4, -0.2) is 23.4 Å². The van der Waals surface area contributed by atoms with Crippen molar-refractivity contribution in [3.05, 3.63) is 42.5 Å². The molecule has 80 valence electrons. The molecule has 0 aliphatic heterocycles. The van der Waals surface area contributed by atoms with Gasteiger partial charge in [-0.1, -0.05) is 36.4 Å². The van der Waals surface area contributed by atoms with Gasteiger partial charge in [0.05, 0.1) is 6.61 Å². The van der Waals surface area contributed by atoms with Gasteiger partial charge in [-0.25, -0.2) is 0 Å². The summed E-state index contributed by atoms with van der Waals surface area (Å²) in [6.45, 7) is 0.472. The van der Waals surface area contributed by atoms with E-state index in [0.29, 0.717) is 12.3 Å². The lowest BCUT2D eigenvalue weighted by Crippen LogP contribution is -2.02. The van der Waals surface area contributed by atoms with Gasteiger partial charge in [0.2, 0.25) is 0 Å². The number of rotatable bonds is 1. The molecule has 4 N–H and O–H groups in total. The van der Waals surface area contributed by atoms with Crippen LogP contribution in [-0.2, 0) is 0 Å². The Morgan fingerprint density at radius 1 is 1.00 bits per heavy atom. The number of aliphatic hydroxyl groups excluding tert-OH is 1. The number of fused-ring (bicyclic) bond motifs is 1. The highest BCUT2D eigenvalue weighted by atomic mass is 16.3. The van der Waals surface area contributed by atoms with Gasteiger partial charge in [0, 0.05) is 11.9 Å². The monoisotopic (exact) mass is 205 g/mol. The molecule has 0 atom stereocenters. The first-order chi connectivity index (χ1) is 7.29. The molecule has 3 nitrogen and oxygen atoms in total. The molecule has 0 aliphatic carbocycles. The molecule has 2 rings (SSSR count). The van der Waals surface area contributed by atoms with E-state index in [4.69, 9.17) is 10.8 Å². The van der Waals surface area contributed by atoms with Crippen LogP contribution in [0, 0.1) is 0 Å². The topological polar surface area (TPSA) is 66.5 Å². The van der Waals surface area contributed by atoms with Gasteiger partial charge in [0.1, 0.15) is 5.75 Å². The van der Waals surface area contributed by atoms with Gasteiger partial charge in [-0.2, -0.15) is 0 Å². The molecule has 2 aromatic carbocycles. The molecule has 0 amide bonds. The fraction of sp³-hybridized carbons (Fsp3) is 0.167. The van der Waals surface area contributed by atoms with Crippen molar-refractivity contribution in [2.45, 2.75) is 0 Å². The second kappa shape index (κ2) is 6.01. The molecular weight excluding hydrogens is 190 g/mol. The molecule has 0 saturated heterocycles. The Hall–Kier alpha value is -1.58. The van der Waals surface area contributed by atoms with Crippen molar-refractivity contribution in [1.29, 1.82) is 0 Å². The lowest BCUT2D eigenvalue weighted by Gasteiger charge is -1.97. The second-order valence-electron chi connectivity index (χ2n) is 3.01. The van der Waals surface area contributed by atoms with Gasteiger partial charge >= 0.3 is 0 Å². The smallest absolute Gasteiger partial charge is 0.123 e. The van der Waals surface area contributed by atoms with Crippen molar-refractivity contribution in [3.8, 4) is 5.75 Å². The Morgan fingerprint density at radius 2 is 1.60 bits per heavy atom. The number of aliphatic hydroxyl groups is 1. The first kappa shape index (κ1) is 11.5. The molecule has 0 aromatic heterocycles. The highest BCUT2D eigenvalue weighted by molar-refractivity contribution is 5.87. The summed E-state index contributed by atoms with van der Waals surface area (Å²) in [5, 5.41) is 19.1. The summed E-state index contributed by atoms with van der Waals surface area (Å²) >= 11 is 0. The van der Waals surface area contributed by atoms with Crippen LogP contribution < -0.4 is 5.73 Å². The summed E-state index contributed by atoms with van der Waals surface area (Å²) in [6, 6.07) is 13.3. The maximum absolute atomic E-state index is 9.37. The van der Waals surface area contributed by atoms with Gasteiger partial charge in [0.25, 0.3) is 0 Å². The summed E-state index contributed by atoms with van der Waals surface area (Å²) in [7, 11) is 0. The maximum Gasteiger partial charge on any atom is 0.123 e. The third-order valence-corrected chi connectivity index (χ3v) is 1.90. The number of benzene rings is 2. The zero-order valence-electron chi connectivity index (χ0n) is 8.43. The van der Waals surface area contributed by atoms with E-state index in [0.717, 1.165) is 10.8 Å². The van der Waals surface area contributed by atoms with Crippen LogP contribution >= 0.6 is 0 Å². The SMILES string of the molecule is NCCO.Oc1cccc2ccccc12. The zero-order valence-corrected chi connectivity index (χ0v) is 8.43. The molecule has 0 unspecified atom stereocenters. The Kier molecular flexibility index (Phi) is 4.60. The summed E-state index contributed by atoms with van der Waals surface area (Å²) in [5.41, 5.74) is 4.78. The van der Waals surface area contributed by atoms with Crippen molar-refractivity contribution in [2.24, 2.45) is 5.73 Å². The molecule has 0 bridgehead atoms. The molecule has 0 radical (unpaired) electrons. The quantitative estimate of drug-likeness (QED) is 0.660. The Labute approximate surface area is 88.8 Å². The minimum atomic E-state index is 0.0972. The van der Waals surface area contributed by atoms with Crippen molar-refractivity contribution in [3.63, 3.8) is 0 Å². The van der Waals surface area contributed by atoms with E-state index in [1.807, 2.05) is 36.4 Å². The minimum Gasteiger partial charge on any atom is -0.507 e. The Morgan fingerprint density at radius 3 is 2.20 bits per heavy atom. The van der Waals surface area contributed by atoms with Crippen LogP contribution in [0.2, 0.25) is 0 Å². The molecule has 0 saturated carbocycles. The molecule has 0 fully saturated rings. The molecule has 15 heavy (non-hydrogen) atoms. The average Bonchev–Trinajstić information content (AvgIpc) is 2.30. The largest absolute Gasteiger partial charge is 0.507 e. The zero-order chi connectivity index (χ0) is 11.1. The molecule has 3 heteroatoms. The maximum atomic E-state index is 9.37. The first-order valence-electron chi connectivity index (χ1n) is 4.77. The predicted octanol–water partition coefficient (Wildman–Crippen LogP) is 1.48. The third-order valence-electron chi connectivity index (χ3n) is 1.90. The van der Waals surface area contributed by atoms with Crippen LogP contribution in [0.15, 0.2) is 42.5 Å². The van der Waals surface area contributed by atoms with E-state index < -0.39 is 0 Å². The van der Waals surface area contributed by atoms with E-state index in [2.05, 4.69) is 0 Å². The molecular formula is C12H15NO2. The first-order valence-corrected chi connectivity index (χ1v) is 4.77. The van der Waals surface area contributed by atoms with Gasteiger partial charge in [-0.05, 0) is 11.5 Å². The van der Waals surface area contributed by atoms with Gasteiger partial charge in [-0.15, -0.1) is 0 Å². The van der Waals surface area contributed by atoms with Crippen molar-refractivity contribution in [1.82, 2.24) is 0 Å². The number of phenols is 1. The molecule has 2 aromatic rings. The van der Waals surface area contributed by atoms with Crippen molar-refractivity contribution < 1.29 is 10.2 Å². The number of hydrogen-bond donors (Lipinski definition) is 3. The van der Waals surface area contributed by atoms with Gasteiger partial charge < -0.3 is 15.9 Å². The summed E-state index contributed by atoms with van der Waals surface area (Å²) < 4.78 is 0. The summed E-state index contributed by atoms with van der Waals surface area (Å²) in [6.07, 6.45) is 0. The van der Waals surface area contributed by atoms with E-state index in [-0.39, 0.29) is 6.61 Å². The van der Waals surface area contributed by atoms with E-state index >= 15 is 0 Å². The number of phenolic OH excluding ortho intramolecular Hbond substituents is 1. The van der Waals surface area contributed by atoms with Crippen LogP contribution in [0.3, 0.4) is 0 Å². The number of aromatic hydroxyl groups is 1. The fourth-order valence-corrected chi connectivity index (χ4v) is 1.21. The van der Waals surface area contributed by atoms with Crippen LogP contribution in [0.5, 0.6) is 5.75 Å². The van der Waals surface area contributed by atoms with Gasteiger partial charge in [-0.3, -0.25) is 0 Å². The Balaban J connectivity index is 0.000000245. The number of nitrogens with two attached hydrogens (primary N) is 1. The number of hydrogen-bond acceptors (Lipinski definition) is 3. The van der Waals surface area contributed by atoms with Crippen LogP contribution in [0.25, 0.3) is 10.8 Å². The highest BCUT2D eigenvalue weighted by Crippen LogP contribution is 2.22.